The molecule has 2 aliphatic carbocycles. The molecule has 5 aliphatic rings. The van der Waals surface area contributed by atoms with Gasteiger partial charge in [0.1, 0.15) is 41.2 Å². The van der Waals surface area contributed by atoms with E-state index in [2.05, 4.69) is 13.0 Å². The van der Waals surface area contributed by atoms with Crippen molar-refractivity contribution in [2.45, 2.75) is 82.6 Å². The van der Waals surface area contributed by atoms with Crippen molar-refractivity contribution in [2.24, 2.45) is 23.2 Å². The highest BCUT2D eigenvalue weighted by Crippen LogP contribution is 2.63. The first-order valence-electron chi connectivity index (χ1n) is 19.7. The first-order chi connectivity index (χ1) is 27.4. The lowest BCUT2D eigenvalue weighted by atomic mass is 9.51. The number of allylic oxidation sites excluding steroid dienone is 2. The second kappa shape index (κ2) is 15.1. The summed E-state index contributed by atoms with van der Waals surface area (Å²) < 4.78 is 25.1. The zero-order chi connectivity index (χ0) is 40.4. The Kier molecular flexibility index (Phi) is 10.5. The molecule has 7 N–H and O–H groups in total. The molecular weight excluding hydrogens is 736 g/mol. The zero-order valence-electron chi connectivity index (χ0n) is 32.0. The van der Waals surface area contributed by atoms with Crippen LogP contribution in [-0.2, 0) is 20.6 Å². The maximum atomic E-state index is 13.6. The Morgan fingerprint density at radius 1 is 1.05 bits per heavy atom. The Morgan fingerprint density at radius 2 is 1.82 bits per heavy atom. The summed E-state index contributed by atoms with van der Waals surface area (Å²) in [5, 5.41) is 77.9. The Morgan fingerprint density at radius 3 is 2.54 bits per heavy atom. The number of aromatic carboxylic acids is 1. The number of ketones is 1. The number of ether oxygens (including phenoxy) is 4. The second-order valence-corrected chi connectivity index (χ2v) is 16.4. The lowest BCUT2D eigenvalue weighted by Gasteiger charge is -2.57. The number of hydrogen-bond donors (Lipinski definition) is 7. The minimum atomic E-state index is -1.80. The van der Waals surface area contributed by atoms with Gasteiger partial charge in [0, 0.05) is 36.0 Å². The van der Waals surface area contributed by atoms with Crippen LogP contribution >= 0.6 is 0 Å². The molecule has 8 rings (SSSR count). The van der Waals surface area contributed by atoms with Crippen molar-refractivity contribution >= 4 is 22.5 Å². The number of rotatable bonds is 10. The van der Waals surface area contributed by atoms with Gasteiger partial charge < -0.3 is 54.7 Å². The molecule has 3 heterocycles. The van der Waals surface area contributed by atoms with E-state index < -0.39 is 60.1 Å². The predicted molar refractivity (Wildman–Crippen MR) is 205 cm³/mol. The Bertz CT molecular complexity index is 2140. The van der Waals surface area contributed by atoms with Crippen molar-refractivity contribution in [3.63, 3.8) is 0 Å². The largest absolute Gasteiger partial charge is 0.507 e. The van der Waals surface area contributed by atoms with Gasteiger partial charge in [-0.1, -0.05) is 43.3 Å². The Balaban J connectivity index is 1.13. The van der Waals surface area contributed by atoms with Gasteiger partial charge in [-0.25, -0.2) is 4.79 Å². The van der Waals surface area contributed by atoms with E-state index in [-0.39, 0.29) is 82.4 Å². The molecule has 304 valence electrons. The summed E-state index contributed by atoms with van der Waals surface area (Å²) in [5.41, 5.74) is 1.81. The molecule has 1 saturated carbocycles. The van der Waals surface area contributed by atoms with E-state index in [9.17, 15) is 45.3 Å². The van der Waals surface area contributed by atoms with Crippen molar-refractivity contribution in [1.82, 2.24) is 0 Å². The number of aromatic hydroxyl groups is 2. The minimum absolute atomic E-state index is 0.00418. The van der Waals surface area contributed by atoms with Gasteiger partial charge in [-0.2, -0.15) is 0 Å². The molecular formula is C44H50O13. The van der Waals surface area contributed by atoms with E-state index in [1.54, 1.807) is 0 Å². The fourth-order valence-corrected chi connectivity index (χ4v) is 10.7. The van der Waals surface area contributed by atoms with E-state index in [4.69, 9.17) is 18.9 Å². The van der Waals surface area contributed by atoms with Crippen LogP contribution in [0, 0.1) is 30.1 Å². The lowest BCUT2D eigenvalue weighted by molar-refractivity contribution is -0.325. The van der Waals surface area contributed by atoms with E-state index in [0.29, 0.717) is 32.5 Å². The summed E-state index contributed by atoms with van der Waals surface area (Å²) in [6.07, 6.45) is -1.67. The van der Waals surface area contributed by atoms with Crippen molar-refractivity contribution < 1.29 is 64.3 Å². The number of aliphatic hydroxyl groups excluding tert-OH is 4. The van der Waals surface area contributed by atoms with Gasteiger partial charge in [-0.3, -0.25) is 4.79 Å². The lowest BCUT2D eigenvalue weighted by Crippen LogP contribution is -2.69. The maximum absolute atomic E-state index is 13.6. The summed E-state index contributed by atoms with van der Waals surface area (Å²) in [6, 6.07) is 11.5. The predicted octanol–water partition coefficient (Wildman–Crippen LogP) is 4.35. The summed E-state index contributed by atoms with van der Waals surface area (Å²) >= 11 is 0. The number of aliphatic hydroxyl groups is 4. The van der Waals surface area contributed by atoms with Crippen LogP contribution in [0.4, 0.5) is 0 Å². The standard InChI is InChI=1S/C44H50O13/c1-22-28-18-44(55-20-25-9-10-30(35(25)28)43(13-14-45)21-54-15-12-29(22)43)33(19-46)57-42(39(50)40(44)51)56-32-17-26(41(52)53)16-27-36(32)38(49)34(23(2)37(27)48)31(47)11-8-24-6-4-3-5-7-24/h3-7,10,16-17,22,28-29,33,39-40,42,45-46,48-51H,8-9,11-15,18-21H2,1-2H3,(H,52,53)/t22-,28-,29-,33+,39+,40+,42+,43+,44+/m0/s1. The van der Waals surface area contributed by atoms with Gasteiger partial charge in [0.05, 0.1) is 36.3 Å². The van der Waals surface area contributed by atoms with Crippen molar-refractivity contribution in [2.75, 3.05) is 33.0 Å². The number of carboxylic acid groups (broad SMARTS) is 1. The molecule has 3 aliphatic heterocycles. The third-order valence-corrected chi connectivity index (χ3v) is 13.6. The quantitative estimate of drug-likeness (QED) is 0.113. The van der Waals surface area contributed by atoms with E-state index in [1.165, 1.54) is 6.92 Å². The molecule has 0 bridgehead atoms. The van der Waals surface area contributed by atoms with Gasteiger partial charge in [0.25, 0.3) is 0 Å². The zero-order valence-corrected chi connectivity index (χ0v) is 32.0. The number of aryl methyl sites for hydroxylation is 1. The van der Waals surface area contributed by atoms with Gasteiger partial charge in [0.2, 0.25) is 6.29 Å². The fraction of sp³-hybridized carbons (Fsp3) is 0.500. The van der Waals surface area contributed by atoms with Crippen molar-refractivity contribution in [3.05, 3.63) is 87.5 Å². The topological polar surface area (TPSA) is 213 Å². The second-order valence-electron chi connectivity index (χ2n) is 16.4. The number of Topliss-reactive ketones (excluding diaryl/α,β-unsaturated/α-hetero) is 1. The number of benzene rings is 3. The van der Waals surface area contributed by atoms with Crippen LogP contribution in [-0.4, -0.2) is 111 Å². The highest BCUT2D eigenvalue weighted by atomic mass is 16.7. The van der Waals surface area contributed by atoms with Crippen molar-refractivity contribution in [3.8, 4) is 17.2 Å². The van der Waals surface area contributed by atoms with Crippen molar-refractivity contribution in [1.29, 1.82) is 0 Å². The number of phenols is 2. The molecule has 13 nitrogen and oxygen atoms in total. The average molecular weight is 787 g/mol. The maximum Gasteiger partial charge on any atom is 0.335 e. The van der Waals surface area contributed by atoms with E-state index in [0.717, 1.165) is 40.8 Å². The molecule has 2 saturated heterocycles. The van der Waals surface area contributed by atoms with Crippen LogP contribution < -0.4 is 4.74 Å². The number of hydrogen-bond acceptors (Lipinski definition) is 12. The molecule has 57 heavy (non-hydrogen) atoms. The van der Waals surface area contributed by atoms with Crippen LogP contribution in [0.1, 0.15) is 70.9 Å². The minimum Gasteiger partial charge on any atom is -0.507 e. The summed E-state index contributed by atoms with van der Waals surface area (Å²) in [6.45, 7) is 4.19. The Labute approximate surface area is 329 Å². The molecule has 3 aromatic carbocycles. The van der Waals surface area contributed by atoms with Crippen LogP contribution in [0.25, 0.3) is 10.8 Å². The van der Waals surface area contributed by atoms with Crippen LogP contribution in [0.5, 0.6) is 17.2 Å². The summed E-state index contributed by atoms with van der Waals surface area (Å²) in [5.74, 6) is -3.09. The molecule has 0 radical (unpaired) electrons. The van der Waals surface area contributed by atoms with E-state index in [1.807, 2.05) is 30.3 Å². The third kappa shape index (κ3) is 6.26. The molecule has 3 fully saturated rings. The molecule has 0 amide bonds. The molecule has 13 heteroatoms. The SMILES string of the molecule is Cc1c(C(=O)CCc2ccccc2)c(O)c2c(O[C@@H]3O[C@H](CO)[C@]4(C[C@@H]5C6=C(CC=C6[C@]6(CCO)COCC[C@H]6[C@H]5C)CO4)[C@H](O)[C@H]3O)cc(C(=O)O)cc2c1O. The Hall–Kier alpha value is -4.34. The molecule has 0 unspecified atom stereocenters. The number of phenolic OH excluding ortho intramolecular Hbond substituents is 2. The van der Waals surface area contributed by atoms with Crippen LogP contribution in [0.2, 0.25) is 0 Å². The molecule has 1 spiro atoms. The highest BCUT2D eigenvalue weighted by Gasteiger charge is 2.63. The smallest absolute Gasteiger partial charge is 0.335 e. The third-order valence-electron chi connectivity index (χ3n) is 13.6. The summed E-state index contributed by atoms with van der Waals surface area (Å²) in [4.78, 5) is 25.9. The van der Waals surface area contributed by atoms with Gasteiger partial charge >= 0.3 is 5.97 Å². The normalized spacial score (nSPS) is 32.1. The fourth-order valence-electron chi connectivity index (χ4n) is 10.7. The molecule has 9 atom stereocenters. The molecule has 0 aromatic heterocycles. The highest BCUT2D eigenvalue weighted by molar-refractivity contribution is 6.11. The first-order valence-corrected chi connectivity index (χ1v) is 19.7. The number of carboxylic acids is 1. The van der Waals surface area contributed by atoms with Gasteiger partial charge in [0.15, 0.2) is 5.78 Å². The van der Waals surface area contributed by atoms with Gasteiger partial charge in [-0.15, -0.1) is 0 Å². The monoisotopic (exact) mass is 786 g/mol. The number of carbonyl (C=O) groups excluding carboxylic acids is 1. The number of fused-ring (bicyclic) bond motifs is 3. The van der Waals surface area contributed by atoms with Crippen LogP contribution in [0.3, 0.4) is 0 Å². The van der Waals surface area contributed by atoms with E-state index >= 15 is 0 Å². The first kappa shape index (κ1) is 39.5. The van der Waals surface area contributed by atoms with Crippen LogP contribution in [0.15, 0.2) is 65.3 Å². The average Bonchev–Trinajstić information content (AvgIpc) is 3.57. The number of carbonyl (C=O) groups is 2. The van der Waals surface area contributed by atoms with Gasteiger partial charge in [-0.05, 0) is 91.2 Å². The summed E-state index contributed by atoms with van der Waals surface area (Å²) in [7, 11) is 0. The molecule has 3 aromatic rings.